The molecule has 174 valence electrons. The van der Waals surface area contributed by atoms with Crippen molar-refractivity contribution in [2.45, 2.75) is 6.54 Å². The van der Waals surface area contributed by atoms with Crippen molar-refractivity contribution >= 4 is 50.5 Å². The van der Waals surface area contributed by atoms with E-state index in [2.05, 4.69) is 0 Å². The molecule has 0 radical (unpaired) electrons. The molecule has 3 aromatic heterocycles. The molecule has 1 aromatic carbocycles. The summed E-state index contributed by atoms with van der Waals surface area (Å²) in [5, 5.41) is 13.7. The highest BCUT2D eigenvalue weighted by Crippen LogP contribution is 2.34. The third-order valence-electron chi connectivity index (χ3n) is 5.93. The molecule has 1 aliphatic rings. The number of aromatic carboxylic acids is 1. The zero-order valence-corrected chi connectivity index (χ0v) is 19.6. The van der Waals surface area contributed by atoms with Gasteiger partial charge in [-0.15, -0.1) is 22.7 Å². The molecule has 0 unspecified atom stereocenters. The van der Waals surface area contributed by atoms with Gasteiger partial charge in [0.05, 0.1) is 27.3 Å². The molecule has 1 N–H and O–H groups in total. The number of carboxylic acid groups (broad SMARTS) is 1. The minimum atomic E-state index is -1.29. The van der Waals surface area contributed by atoms with Crippen LogP contribution >= 0.6 is 22.7 Å². The van der Waals surface area contributed by atoms with Gasteiger partial charge in [-0.25, -0.2) is 9.18 Å². The van der Waals surface area contributed by atoms with E-state index in [0.717, 1.165) is 0 Å². The van der Waals surface area contributed by atoms with Crippen molar-refractivity contribution in [1.82, 2.24) is 9.47 Å². The first kappa shape index (κ1) is 22.3. The summed E-state index contributed by atoms with van der Waals surface area (Å²) >= 11 is 2.77. The van der Waals surface area contributed by atoms with E-state index in [1.807, 2.05) is 21.7 Å². The highest BCUT2D eigenvalue weighted by Gasteiger charge is 2.30. The second-order valence-electron chi connectivity index (χ2n) is 7.94. The fourth-order valence-electron chi connectivity index (χ4n) is 4.26. The third-order valence-corrected chi connectivity index (χ3v) is 7.70. The van der Waals surface area contributed by atoms with Gasteiger partial charge < -0.3 is 19.5 Å². The van der Waals surface area contributed by atoms with Crippen LogP contribution in [0.4, 0.5) is 10.1 Å². The lowest BCUT2D eigenvalue weighted by molar-refractivity contribution is 0.0691. The normalized spacial score (nSPS) is 14.0. The number of piperazine rings is 1. The van der Waals surface area contributed by atoms with E-state index >= 15 is 0 Å². The van der Waals surface area contributed by atoms with Gasteiger partial charge in [0.25, 0.3) is 11.5 Å². The van der Waals surface area contributed by atoms with Crippen LogP contribution in [0.25, 0.3) is 10.2 Å². The van der Waals surface area contributed by atoms with Crippen LogP contribution in [-0.2, 0) is 6.54 Å². The van der Waals surface area contributed by atoms with Crippen molar-refractivity contribution in [3.63, 3.8) is 0 Å². The Hall–Kier alpha value is -3.50. The van der Waals surface area contributed by atoms with E-state index in [1.165, 1.54) is 39.4 Å². The highest BCUT2D eigenvalue weighted by molar-refractivity contribution is 7.17. The van der Waals surface area contributed by atoms with Crippen LogP contribution in [0.1, 0.15) is 25.6 Å². The molecule has 7 nitrogen and oxygen atoms in total. The van der Waals surface area contributed by atoms with Crippen molar-refractivity contribution < 1.29 is 19.1 Å². The Kier molecular flexibility index (Phi) is 5.93. The van der Waals surface area contributed by atoms with Crippen molar-refractivity contribution in [1.29, 1.82) is 0 Å². The van der Waals surface area contributed by atoms with Gasteiger partial charge in [-0.05, 0) is 40.6 Å². The minimum absolute atomic E-state index is 0.0379. The van der Waals surface area contributed by atoms with E-state index in [4.69, 9.17) is 0 Å². The standard InChI is InChI=1S/C24H20FN3O4S2/c25-16-5-3-15(4-6-16)14-28-17-7-13-34-21(17)20(19(23(28)30)24(31)32)26-8-10-27(11-9-26)22(29)18-2-1-12-33-18/h1-7,12-13H,8-11,14H2,(H,31,32). The van der Waals surface area contributed by atoms with Gasteiger partial charge in [0, 0.05) is 26.2 Å². The van der Waals surface area contributed by atoms with E-state index in [1.54, 1.807) is 29.2 Å². The van der Waals surface area contributed by atoms with Gasteiger partial charge in [0.15, 0.2) is 0 Å². The number of anilines is 1. The average molecular weight is 498 g/mol. The maximum absolute atomic E-state index is 13.4. The van der Waals surface area contributed by atoms with Gasteiger partial charge in [-0.3, -0.25) is 9.59 Å². The molecule has 0 atom stereocenters. The van der Waals surface area contributed by atoms with Gasteiger partial charge >= 0.3 is 5.97 Å². The number of fused-ring (bicyclic) bond motifs is 1. The number of halogens is 1. The second kappa shape index (κ2) is 9.03. The largest absolute Gasteiger partial charge is 0.477 e. The molecule has 1 saturated heterocycles. The van der Waals surface area contributed by atoms with E-state index in [-0.39, 0.29) is 23.8 Å². The fourth-order valence-corrected chi connectivity index (χ4v) is 5.93. The summed E-state index contributed by atoms with van der Waals surface area (Å²) in [4.78, 5) is 42.7. The first-order chi connectivity index (χ1) is 16.4. The summed E-state index contributed by atoms with van der Waals surface area (Å²) in [5.74, 6) is -1.71. The van der Waals surface area contributed by atoms with Crippen molar-refractivity contribution in [3.8, 4) is 0 Å². The zero-order chi connectivity index (χ0) is 23.8. The number of hydrogen-bond donors (Lipinski definition) is 1. The number of aromatic nitrogens is 1. The Bertz CT molecular complexity index is 1420. The second-order valence-corrected chi connectivity index (χ2v) is 9.80. The van der Waals surface area contributed by atoms with Gasteiger partial charge in [0.1, 0.15) is 11.4 Å². The molecule has 10 heteroatoms. The summed E-state index contributed by atoms with van der Waals surface area (Å²) < 4.78 is 15.5. The number of amides is 1. The number of benzene rings is 1. The molecule has 4 heterocycles. The Balaban J connectivity index is 1.51. The molecule has 0 bridgehead atoms. The first-order valence-electron chi connectivity index (χ1n) is 10.6. The Morgan fingerprint density at radius 2 is 1.71 bits per heavy atom. The van der Waals surface area contributed by atoms with Crippen LogP contribution in [0.5, 0.6) is 0 Å². The molecular formula is C24H20FN3O4S2. The summed E-state index contributed by atoms with van der Waals surface area (Å²) in [7, 11) is 0. The van der Waals surface area contributed by atoms with E-state index in [0.29, 0.717) is 52.5 Å². The van der Waals surface area contributed by atoms with Crippen LogP contribution in [0.2, 0.25) is 0 Å². The number of nitrogens with zero attached hydrogens (tertiary/aromatic N) is 3. The molecule has 4 aromatic rings. The summed E-state index contributed by atoms with van der Waals surface area (Å²) in [6.07, 6.45) is 0. The SMILES string of the molecule is O=C(O)c1c(N2CCN(C(=O)c3cccs3)CC2)c2sccc2n(Cc2ccc(F)cc2)c1=O. The number of pyridine rings is 1. The van der Waals surface area contributed by atoms with Crippen molar-refractivity contribution in [2.75, 3.05) is 31.1 Å². The summed E-state index contributed by atoms with van der Waals surface area (Å²) in [6.45, 7) is 1.84. The monoisotopic (exact) mass is 497 g/mol. The average Bonchev–Trinajstić information content (AvgIpc) is 3.54. The minimum Gasteiger partial charge on any atom is -0.477 e. The molecule has 1 amide bonds. The number of thiophene rings is 2. The first-order valence-corrected chi connectivity index (χ1v) is 12.4. The molecule has 5 rings (SSSR count). The number of carbonyl (C=O) groups excluding carboxylic acids is 1. The lowest BCUT2D eigenvalue weighted by Gasteiger charge is -2.36. The molecule has 1 fully saturated rings. The Labute approximate surface area is 201 Å². The number of hydrogen-bond acceptors (Lipinski definition) is 6. The molecule has 1 aliphatic heterocycles. The lowest BCUT2D eigenvalue weighted by Crippen LogP contribution is -2.49. The zero-order valence-electron chi connectivity index (χ0n) is 17.9. The van der Waals surface area contributed by atoms with Crippen molar-refractivity contribution in [2.24, 2.45) is 0 Å². The van der Waals surface area contributed by atoms with Crippen LogP contribution in [0.3, 0.4) is 0 Å². The Morgan fingerprint density at radius 1 is 0.971 bits per heavy atom. The number of rotatable bonds is 5. The fraction of sp³-hybridized carbons (Fsp3) is 0.208. The smallest absolute Gasteiger partial charge is 0.343 e. The summed E-state index contributed by atoms with van der Waals surface area (Å²) in [5.41, 5.74) is 0.850. The maximum atomic E-state index is 13.4. The maximum Gasteiger partial charge on any atom is 0.343 e. The molecule has 0 saturated carbocycles. The van der Waals surface area contributed by atoms with Crippen molar-refractivity contribution in [3.05, 3.63) is 85.4 Å². The van der Waals surface area contributed by atoms with E-state index in [9.17, 15) is 23.9 Å². The van der Waals surface area contributed by atoms with Gasteiger partial charge in [0.2, 0.25) is 0 Å². The highest BCUT2D eigenvalue weighted by atomic mass is 32.1. The topological polar surface area (TPSA) is 82.8 Å². The van der Waals surface area contributed by atoms with Crippen LogP contribution in [0.15, 0.2) is 58.0 Å². The van der Waals surface area contributed by atoms with Crippen LogP contribution in [0, 0.1) is 5.82 Å². The lowest BCUT2D eigenvalue weighted by atomic mass is 10.1. The Morgan fingerprint density at radius 3 is 2.35 bits per heavy atom. The number of carbonyl (C=O) groups is 2. The molecule has 34 heavy (non-hydrogen) atoms. The van der Waals surface area contributed by atoms with Crippen LogP contribution in [-0.4, -0.2) is 52.6 Å². The predicted octanol–water partition coefficient (Wildman–Crippen LogP) is 3.97. The predicted molar refractivity (Wildman–Crippen MR) is 131 cm³/mol. The molecular weight excluding hydrogens is 477 g/mol. The third kappa shape index (κ3) is 3.99. The van der Waals surface area contributed by atoms with Gasteiger partial charge in [-0.1, -0.05) is 18.2 Å². The number of carboxylic acids is 1. The molecule has 0 spiro atoms. The molecule has 0 aliphatic carbocycles. The summed E-state index contributed by atoms with van der Waals surface area (Å²) in [6, 6.07) is 11.2. The quantitative estimate of drug-likeness (QED) is 0.451. The van der Waals surface area contributed by atoms with Crippen LogP contribution < -0.4 is 10.5 Å². The van der Waals surface area contributed by atoms with E-state index < -0.39 is 11.5 Å². The van der Waals surface area contributed by atoms with Gasteiger partial charge in [-0.2, -0.15) is 0 Å².